The number of amides is 1. The zero-order valence-electron chi connectivity index (χ0n) is 17.5. The molecule has 2 aromatic carbocycles. The van der Waals surface area contributed by atoms with Crippen LogP contribution in [0.4, 0.5) is 5.69 Å². The number of rotatable bonds is 5. The molecule has 4 rings (SSSR count). The highest BCUT2D eigenvalue weighted by Crippen LogP contribution is 2.38. The molecule has 0 atom stereocenters. The molecule has 5 nitrogen and oxygen atoms in total. The van der Waals surface area contributed by atoms with Crippen molar-refractivity contribution >= 4 is 23.2 Å². The maximum Gasteiger partial charge on any atom is 0.294 e. The van der Waals surface area contributed by atoms with Gasteiger partial charge >= 0.3 is 0 Å². The minimum absolute atomic E-state index is 0.0325. The molecule has 6 heteroatoms. The lowest BCUT2D eigenvalue weighted by atomic mass is 9.99. The van der Waals surface area contributed by atoms with E-state index in [2.05, 4.69) is 20.8 Å². The van der Waals surface area contributed by atoms with Crippen molar-refractivity contribution in [3.05, 3.63) is 64.9 Å². The summed E-state index contributed by atoms with van der Waals surface area (Å²) in [6, 6.07) is 14.8. The van der Waals surface area contributed by atoms with E-state index in [9.17, 15) is 4.79 Å². The molecule has 0 N–H and O–H groups in total. The first kappa shape index (κ1) is 20.4. The summed E-state index contributed by atoms with van der Waals surface area (Å²) in [5.74, 6) is 2.11. The number of furan rings is 1. The van der Waals surface area contributed by atoms with E-state index in [1.54, 1.807) is 24.1 Å². The third-order valence-electron chi connectivity index (χ3n) is 4.83. The Morgan fingerprint density at radius 1 is 1.07 bits per heavy atom. The Morgan fingerprint density at radius 2 is 1.80 bits per heavy atom. The molecule has 0 unspecified atom stereocenters. The van der Waals surface area contributed by atoms with Gasteiger partial charge in [0.1, 0.15) is 5.76 Å². The van der Waals surface area contributed by atoms with Crippen molar-refractivity contribution in [1.82, 2.24) is 0 Å². The Labute approximate surface area is 181 Å². The Hall–Kier alpha value is -2.92. The minimum Gasteiger partial charge on any atom is -0.493 e. The number of benzene rings is 2. The maximum absolute atomic E-state index is 13.0. The zero-order chi connectivity index (χ0) is 21.5. The van der Waals surface area contributed by atoms with Gasteiger partial charge in [-0.2, -0.15) is 0 Å². The first-order valence-corrected chi connectivity index (χ1v) is 10.1. The van der Waals surface area contributed by atoms with E-state index >= 15 is 0 Å². The molecule has 1 aliphatic rings. The number of fused-ring (bicyclic) bond motifs is 1. The van der Waals surface area contributed by atoms with Crippen LogP contribution in [0.3, 0.4) is 0 Å². The third-order valence-corrected chi connectivity index (χ3v) is 5.08. The van der Waals surface area contributed by atoms with Crippen molar-refractivity contribution < 1.29 is 18.7 Å². The van der Waals surface area contributed by atoms with Crippen LogP contribution in [0.15, 0.2) is 52.9 Å². The van der Waals surface area contributed by atoms with Crippen LogP contribution in [0.1, 0.15) is 36.9 Å². The van der Waals surface area contributed by atoms with Gasteiger partial charge in [-0.3, -0.25) is 4.79 Å². The lowest BCUT2D eigenvalue weighted by molar-refractivity contribution is 0.0973. The molecule has 0 fully saturated rings. The summed E-state index contributed by atoms with van der Waals surface area (Å²) in [5, 5.41) is 0.656. The number of carbonyl (C=O) groups excluding carboxylic acids is 1. The zero-order valence-corrected chi connectivity index (χ0v) is 18.2. The van der Waals surface area contributed by atoms with Gasteiger partial charge in [-0.25, -0.2) is 0 Å². The van der Waals surface area contributed by atoms with E-state index in [1.807, 2.05) is 36.4 Å². The van der Waals surface area contributed by atoms with Crippen LogP contribution in [-0.4, -0.2) is 19.6 Å². The van der Waals surface area contributed by atoms with Crippen molar-refractivity contribution in [3.8, 4) is 22.8 Å². The predicted octanol–water partition coefficient (Wildman–Crippen LogP) is 6.19. The highest BCUT2D eigenvalue weighted by molar-refractivity contribution is 6.30. The van der Waals surface area contributed by atoms with Crippen molar-refractivity contribution in [3.63, 3.8) is 0 Å². The molecule has 0 spiro atoms. The van der Waals surface area contributed by atoms with Crippen LogP contribution in [0, 0.1) is 5.41 Å². The van der Waals surface area contributed by atoms with Crippen molar-refractivity contribution in [2.75, 3.05) is 18.6 Å². The normalized spacial score (nSPS) is 13.5. The highest BCUT2D eigenvalue weighted by Gasteiger charge is 2.33. The maximum atomic E-state index is 13.0. The molecule has 1 amide bonds. The largest absolute Gasteiger partial charge is 0.493 e. The van der Waals surface area contributed by atoms with Gasteiger partial charge in [0.15, 0.2) is 17.3 Å². The fraction of sp³-hybridized carbons (Fsp3) is 0.292. The lowest BCUT2D eigenvalue weighted by Gasteiger charge is -2.21. The molecular weight excluding hydrogens is 402 g/mol. The molecule has 0 aliphatic carbocycles. The number of anilines is 1. The number of hydrogen-bond acceptors (Lipinski definition) is 4. The average molecular weight is 426 g/mol. The average Bonchev–Trinajstić information content (AvgIpc) is 3.26. The van der Waals surface area contributed by atoms with E-state index in [4.69, 9.17) is 25.5 Å². The second-order valence-electron chi connectivity index (χ2n) is 8.55. The number of methoxy groups -OCH3 is 1. The van der Waals surface area contributed by atoms with Gasteiger partial charge in [-0.15, -0.1) is 0 Å². The van der Waals surface area contributed by atoms with Gasteiger partial charge < -0.3 is 18.8 Å². The molecule has 0 bridgehead atoms. The topological polar surface area (TPSA) is 51.9 Å². The number of carbonyl (C=O) groups is 1. The van der Waals surface area contributed by atoms with E-state index in [0.29, 0.717) is 41.2 Å². The standard InChI is InChI=1S/C24H24ClNO4/c1-24(2,3)14-29-19-10-9-18(12-21(19)28-4)26-13-16-11-20(30-22(16)23(26)27)15-5-7-17(25)8-6-15/h5-12H,13-14H2,1-4H3. The summed E-state index contributed by atoms with van der Waals surface area (Å²) >= 11 is 5.95. The van der Waals surface area contributed by atoms with Gasteiger partial charge in [0, 0.05) is 27.9 Å². The van der Waals surface area contributed by atoms with Crippen LogP contribution in [0.5, 0.6) is 11.5 Å². The van der Waals surface area contributed by atoms with Crippen LogP contribution in [0.2, 0.25) is 5.02 Å². The summed E-state index contributed by atoms with van der Waals surface area (Å²) in [7, 11) is 1.59. The summed E-state index contributed by atoms with van der Waals surface area (Å²) in [5.41, 5.74) is 2.51. The Balaban J connectivity index is 1.55. The molecule has 0 radical (unpaired) electrons. The van der Waals surface area contributed by atoms with E-state index in [1.165, 1.54) is 0 Å². The fourth-order valence-corrected chi connectivity index (χ4v) is 3.42. The SMILES string of the molecule is COc1cc(N2Cc3cc(-c4ccc(Cl)cc4)oc3C2=O)ccc1OCC(C)(C)C. The van der Waals surface area contributed by atoms with Crippen LogP contribution in [-0.2, 0) is 6.54 Å². The molecule has 1 aliphatic heterocycles. The molecule has 0 saturated carbocycles. The van der Waals surface area contributed by atoms with E-state index < -0.39 is 0 Å². The van der Waals surface area contributed by atoms with Gasteiger partial charge in [-0.1, -0.05) is 32.4 Å². The Kier molecular flexibility index (Phi) is 5.24. The predicted molar refractivity (Wildman–Crippen MR) is 118 cm³/mol. The molecule has 156 valence electrons. The van der Waals surface area contributed by atoms with E-state index in [0.717, 1.165) is 16.8 Å². The molecule has 0 saturated heterocycles. The number of ether oxygens (including phenoxy) is 2. The number of halogens is 1. The first-order chi connectivity index (χ1) is 14.2. The van der Waals surface area contributed by atoms with Crippen molar-refractivity contribution in [1.29, 1.82) is 0 Å². The van der Waals surface area contributed by atoms with Gasteiger partial charge in [-0.05, 0) is 47.9 Å². The van der Waals surface area contributed by atoms with Crippen LogP contribution < -0.4 is 14.4 Å². The monoisotopic (exact) mass is 425 g/mol. The van der Waals surface area contributed by atoms with Crippen LogP contribution >= 0.6 is 11.6 Å². The second kappa shape index (κ2) is 7.73. The minimum atomic E-state index is -0.171. The third kappa shape index (κ3) is 4.03. The first-order valence-electron chi connectivity index (χ1n) is 9.76. The Bertz CT molecular complexity index is 1080. The Morgan fingerprint density at radius 3 is 2.43 bits per heavy atom. The molecule has 3 aromatic rings. The van der Waals surface area contributed by atoms with Crippen molar-refractivity contribution in [2.45, 2.75) is 27.3 Å². The summed E-state index contributed by atoms with van der Waals surface area (Å²) in [6.45, 7) is 7.32. The molecular formula is C24H24ClNO4. The fourth-order valence-electron chi connectivity index (χ4n) is 3.29. The van der Waals surface area contributed by atoms with Gasteiger partial charge in [0.25, 0.3) is 5.91 Å². The van der Waals surface area contributed by atoms with Crippen molar-refractivity contribution in [2.24, 2.45) is 5.41 Å². The summed E-state index contributed by atoms with van der Waals surface area (Å²) in [4.78, 5) is 14.7. The number of nitrogens with zero attached hydrogens (tertiary/aromatic N) is 1. The van der Waals surface area contributed by atoms with Gasteiger partial charge in [0.05, 0.1) is 20.3 Å². The number of hydrogen-bond donors (Lipinski definition) is 0. The molecule has 30 heavy (non-hydrogen) atoms. The second-order valence-corrected chi connectivity index (χ2v) is 8.98. The van der Waals surface area contributed by atoms with Crippen LogP contribution in [0.25, 0.3) is 11.3 Å². The quantitative estimate of drug-likeness (QED) is 0.488. The summed E-state index contributed by atoms with van der Waals surface area (Å²) in [6.07, 6.45) is 0. The smallest absolute Gasteiger partial charge is 0.294 e. The molecule has 2 heterocycles. The highest BCUT2D eigenvalue weighted by atomic mass is 35.5. The lowest BCUT2D eigenvalue weighted by Crippen LogP contribution is -2.23. The van der Waals surface area contributed by atoms with E-state index in [-0.39, 0.29) is 11.3 Å². The molecule has 1 aromatic heterocycles. The summed E-state index contributed by atoms with van der Waals surface area (Å²) < 4.78 is 17.3. The van der Waals surface area contributed by atoms with Gasteiger partial charge in [0.2, 0.25) is 0 Å².